The van der Waals surface area contributed by atoms with Gasteiger partial charge in [-0.15, -0.1) is 0 Å². The fourth-order valence-electron chi connectivity index (χ4n) is 6.67. The van der Waals surface area contributed by atoms with Crippen LogP contribution in [0.2, 0.25) is 0 Å². The van der Waals surface area contributed by atoms with Gasteiger partial charge in [0, 0.05) is 11.6 Å². The Morgan fingerprint density at radius 1 is 1.03 bits per heavy atom. The Balaban J connectivity index is 0.988. The maximum Gasteiger partial charge on any atom is 0.231 e. The number of nitrogens with zero attached hydrogens (tertiary/aromatic N) is 1. The number of hydrogen-bond donors (Lipinski definition) is 2. The van der Waals surface area contributed by atoms with E-state index in [-0.39, 0.29) is 12.3 Å². The standard InChI is InChI=1S/C28H42N2O4/c31-26(19-28(32)14-2-1-3-15-28)29-23-9-7-21(8-10-23)11-16-30-17-12-22(13-18-30)24-5-4-6-25-27(24)34-20-33-25/h4-6,21-23,32H,1-3,7-20H2,(H,29,31). The minimum Gasteiger partial charge on any atom is -0.454 e. The van der Waals surface area contributed by atoms with Crippen LogP contribution in [0.25, 0.3) is 0 Å². The summed E-state index contributed by atoms with van der Waals surface area (Å²) in [5, 5.41) is 13.9. The van der Waals surface area contributed by atoms with Gasteiger partial charge in [-0.25, -0.2) is 0 Å². The molecule has 34 heavy (non-hydrogen) atoms. The fraction of sp³-hybridized carbons (Fsp3) is 0.750. The van der Waals surface area contributed by atoms with Gasteiger partial charge in [-0.1, -0.05) is 31.4 Å². The number of para-hydroxylation sites is 1. The van der Waals surface area contributed by atoms with Gasteiger partial charge >= 0.3 is 0 Å². The number of carbonyl (C=O) groups is 1. The Morgan fingerprint density at radius 3 is 2.56 bits per heavy atom. The summed E-state index contributed by atoms with van der Waals surface area (Å²) >= 11 is 0. The number of rotatable bonds is 7. The number of aliphatic hydroxyl groups is 1. The molecule has 2 heterocycles. The van der Waals surface area contributed by atoms with Gasteiger partial charge in [0.05, 0.1) is 12.0 Å². The van der Waals surface area contributed by atoms with Crippen LogP contribution in [0.4, 0.5) is 0 Å². The lowest BCUT2D eigenvalue weighted by molar-refractivity contribution is -0.128. The SMILES string of the molecule is O=C(CC1(O)CCCCC1)NC1CCC(CCN2CCC(c3cccc4c3OCO4)CC2)CC1. The number of benzene rings is 1. The van der Waals surface area contributed by atoms with Gasteiger partial charge in [-0.2, -0.15) is 0 Å². The number of fused-ring (bicyclic) bond motifs is 1. The van der Waals surface area contributed by atoms with E-state index in [0.29, 0.717) is 18.8 Å². The molecule has 6 nitrogen and oxygen atoms in total. The third-order valence-corrected chi connectivity index (χ3v) is 8.79. The highest BCUT2D eigenvalue weighted by atomic mass is 16.7. The first-order valence-electron chi connectivity index (χ1n) is 13.7. The second kappa shape index (κ2) is 10.9. The lowest BCUT2D eigenvalue weighted by Gasteiger charge is -2.35. The molecule has 3 fully saturated rings. The van der Waals surface area contributed by atoms with Crippen LogP contribution in [0.5, 0.6) is 11.5 Å². The molecule has 2 aliphatic carbocycles. The van der Waals surface area contributed by atoms with Crippen LogP contribution < -0.4 is 14.8 Å². The van der Waals surface area contributed by atoms with Gasteiger partial charge < -0.3 is 24.8 Å². The Labute approximate surface area is 204 Å². The van der Waals surface area contributed by atoms with Crippen molar-refractivity contribution in [1.29, 1.82) is 0 Å². The van der Waals surface area contributed by atoms with Crippen molar-refractivity contribution in [3.8, 4) is 11.5 Å². The van der Waals surface area contributed by atoms with Crippen molar-refractivity contribution in [1.82, 2.24) is 10.2 Å². The van der Waals surface area contributed by atoms with Crippen LogP contribution in [-0.2, 0) is 4.79 Å². The van der Waals surface area contributed by atoms with Crippen molar-refractivity contribution in [3.63, 3.8) is 0 Å². The molecule has 0 bridgehead atoms. The quantitative estimate of drug-likeness (QED) is 0.602. The van der Waals surface area contributed by atoms with Gasteiger partial charge in [0.15, 0.2) is 11.5 Å². The lowest BCUT2D eigenvalue weighted by atomic mass is 9.81. The van der Waals surface area contributed by atoms with Crippen LogP contribution >= 0.6 is 0 Å². The van der Waals surface area contributed by atoms with Gasteiger partial charge in [0.1, 0.15) is 0 Å². The molecule has 1 amide bonds. The predicted octanol–water partition coefficient (Wildman–Crippen LogP) is 4.75. The first-order chi connectivity index (χ1) is 16.6. The summed E-state index contributed by atoms with van der Waals surface area (Å²) in [6.45, 7) is 3.85. The van der Waals surface area contributed by atoms with E-state index in [2.05, 4.69) is 22.3 Å². The monoisotopic (exact) mass is 470 g/mol. The molecule has 1 aromatic carbocycles. The summed E-state index contributed by atoms with van der Waals surface area (Å²) in [6.07, 6.45) is 13.3. The molecule has 2 N–H and O–H groups in total. The minimum absolute atomic E-state index is 0.0525. The number of amides is 1. The van der Waals surface area contributed by atoms with E-state index in [1.165, 1.54) is 50.6 Å². The minimum atomic E-state index is -0.756. The zero-order chi connectivity index (χ0) is 23.4. The molecule has 0 spiro atoms. The molecule has 4 aliphatic rings. The van der Waals surface area contributed by atoms with E-state index in [0.717, 1.165) is 69.0 Å². The lowest BCUT2D eigenvalue weighted by Crippen LogP contribution is -2.43. The van der Waals surface area contributed by atoms with E-state index < -0.39 is 5.60 Å². The van der Waals surface area contributed by atoms with Crippen molar-refractivity contribution >= 4 is 5.91 Å². The topological polar surface area (TPSA) is 71.0 Å². The highest BCUT2D eigenvalue weighted by Gasteiger charge is 2.33. The molecule has 1 saturated heterocycles. The summed E-state index contributed by atoms with van der Waals surface area (Å²) in [5.41, 5.74) is 0.569. The molecule has 188 valence electrons. The Hall–Kier alpha value is -1.79. The van der Waals surface area contributed by atoms with Crippen LogP contribution in [-0.4, -0.2) is 54.0 Å². The number of piperidine rings is 1. The van der Waals surface area contributed by atoms with Gasteiger partial charge in [-0.05, 0) is 95.3 Å². The number of carbonyl (C=O) groups excluding carboxylic acids is 1. The van der Waals surface area contributed by atoms with E-state index in [1.54, 1.807) is 0 Å². The third kappa shape index (κ3) is 5.88. The fourth-order valence-corrected chi connectivity index (χ4v) is 6.67. The summed E-state index contributed by atoms with van der Waals surface area (Å²) in [5.74, 6) is 3.26. The zero-order valence-electron chi connectivity index (χ0n) is 20.6. The number of nitrogens with one attached hydrogen (secondary N) is 1. The molecule has 0 unspecified atom stereocenters. The Morgan fingerprint density at radius 2 is 1.79 bits per heavy atom. The number of hydrogen-bond acceptors (Lipinski definition) is 5. The third-order valence-electron chi connectivity index (χ3n) is 8.79. The summed E-state index contributed by atoms with van der Waals surface area (Å²) in [4.78, 5) is 15.1. The smallest absolute Gasteiger partial charge is 0.231 e. The van der Waals surface area contributed by atoms with Crippen molar-refractivity contribution in [3.05, 3.63) is 23.8 Å². The molecule has 2 aliphatic heterocycles. The van der Waals surface area contributed by atoms with Crippen LogP contribution in [0, 0.1) is 5.92 Å². The zero-order valence-corrected chi connectivity index (χ0v) is 20.6. The second-order valence-electron chi connectivity index (χ2n) is 11.2. The largest absolute Gasteiger partial charge is 0.454 e. The summed E-state index contributed by atoms with van der Waals surface area (Å²) in [6, 6.07) is 6.60. The molecule has 2 saturated carbocycles. The Bertz CT molecular complexity index is 822. The van der Waals surface area contributed by atoms with Crippen molar-refractivity contribution < 1.29 is 19.4 Å². The summed E-state index contributed by atoms with van der Waals surface area (Å²) in [7, 11) is 0. The second-order valence-corrected chi connectivity index (χ2v) is 11.2. The maximum absolute atomic E-state index is 12.5. The van der Waals surface area contributed by atoms with Crippen LogP contribution in [0.1, 0.15) is 95.0 Å². The average molecular weight is 471 g/mol. The van der Waals surface area contributed by atoms with Crippen LogP contribution in [0.15, 0.2) is 18.2 Å². The molecular formula is C28H42N2O4. The van der Waals surface area contributed by atoms with Gasteiger partial charge in [-0.3, -0.25) is 4.79 Å². The molecule has 0 radical (unpaired) electrons. The van der Waals surface area contributed by atoms with Crippen LogP contribution in [0.3, 0.4) is 0 Å². The predicted molar refractivity (Wildman–Crippen MR) is 132 cm³/mol. The van der Waals surface area contributed by atoms with E-state index in [9.17, 15) is 9.90 Å². The molecular weight excluding hydrogens is 428 g/mol. The molecule has 0 atom stereocenters. The van der Waals surface area contributed by atoms with Gasteiger partial charge in [0.25, 0.3) is 0 Å². The highest BCUT2D eigenvalue weighted by Crippen LogP contribution is 2.42. The van der Waals surface area contributed by atoms with E-state index >= 15 is 0 Å². The molecule has 6 heteroatoms. The first-order valence-corrected chi connectivity index (χ1v) is 13.7. The maximum atomic E-state index is 12.5. The van der Waals surface area contributed by atoms with Gasteiger partial charge in [0.2, 0.25) is 12.7 Å². The van der Waals surface area contributed by atoms with Crippen molar-refractivity contribution in [2.24, 2.45) is 5.92 Å². The summed E-state index contributed by atoms with van der Waals surface area (Å²) < 4.78 is 11.3. The Kier molecular flexibility index (Phi) is 7.64. The van der Waals surface area contributed by atoms with E-state index in [4.69, 9.17) is 9.47 Å². The number of ether oxygens (including phenoxy) is 2. The average Bonchev–Trinajstić information content (AvgIpc) is 3.33. The normalized spacial score (nSPS) is 27.4. The number of likely N-dealkylation sites (tertiary alicyclic amines) is 1. The van der Waals surface area contributed by atoms with Crippen molar-refractivity contribution in [2.75, 3.05) is 26.4 Å². The first kappa shape index (κ1) is 23.9. The molecule has 1 aromatic rings. The van der Waals surface area contributed by atoms with E-state index in [1.807, 2.05) is 6.07 Å². The van der Waals surface area contributed by atoms with Crippen molar-refractivity contribution in [2.45, 2.75) is 101 Å². The molecule has 5 rings (SSSR count). The highest BCUT2D eigenvalue weighted by molar-refractivity contribution is 5.77. The molecule has 0 aromatic heterocycles.